The fourth-order valence-electron chi connectivity index (χ4n) is 3.60. The highest BCUT2D eigenvalue weighted by Crippen LogP contribution is 2.26. The average molecular weight is 445 g/mol. The molecule has 6 nitrogen and oxygen atoms in total. The summed E-state index contributed by atoms with van der Waals surface area (Å²) in [6.07, 6.45) is 0. The molecule has 0 aliphatic carbocycles. The Morgan fingerprint density at radius 3 is 1.94 bits per heavy atom. The quantitative estimate of drug-likeness (QED) is 0.494. The van der Waals surface area contributed by atoms with Crippen LogP contribution in [-0.4, -0.2) is 42.4 Å². The second-order valence-corrected chi connectivity index (χ2v) is 7.47. The molecule has 0 spiro atoms. The molecule has 0 bridgehead atoms. The van der Waals surface area contributed by atoms with Gasteiger partial charge in [-0.25, -0.2) is 0 Å². The van der Waals surface area contributed by atoms with Crippen molar-refractivity contribution in [3.8, 4) is 0 Å². The van der Waals surface area contributed by atoms with Crippen LogP contribution in [-0.2, 0) is 14.3 Å². The second-order valence-electron chi connectivity index (χ2n) is 7.47. The summed E-state index contributed by atoms with van der Waals surface area (Å²) >= 11 is 0. The Labute approximate surface area is 194 Å². The molecule has 0 aromatic heterocycles. The number of nitrogens with zero attached hydrogens (tertiary/aromatic N) is 1. The first-order valence-corrected chi connectivity index (χ1v) is 11.0. The monoisotopic (exact) mass is 444 g/mol. The Bertz CT molecular complexity index is 1040. The number of carbonyl (C=O) groups is 3. The normalized spacial score (nSPS) is 10.5. The van der Waals surface area contributed by atoms with Gasteiger partial charge in [0.2, 0.25) is 0 Å². The van der Waals surface area contributed by atoms with Crippen molar-refractivity contribution in [2.24, 2.45) is 0 Å². The second kappa shape index (κ2) is 11.6. The van der Waals surface area contributed by atoms with E-state index in [1.165, 1.54) is 0 Å². The van der Waals surface area contributed by atoms with E-state index >= 15 is 0 Å². The van der Waals surface area contributed by atoms with Gasteiger partial charge in [0.05, 0.1) is 0 Å². The predicted molar refractivity (Wildman–Crippen MR) is 128 cm³/mol. The topological polar surface area (TPSA) is 75.7 Å². The van der Waals surface area contributed by atoms with Gasteiger partial charge in [-0.2, -0.15) is 0 Å². The minimum atomic E-state index is -0.629. The number of hydrogen-bond acceptors (Lipinski definition) is 4. The van der Waals surface area contributed by atoms with Crippen molar-refractivity contribution in [1.29, 1.82) is 0 Å². The summed E-state index contributed by atoms with van der Waals surface area (Å²) in [6, 6.07) is 25.4. The van der Waals surface area contributed by atoms with Gasteiger partial charge in [0, 0.05) is 24.3 Å². The van der Waals surface area contributed by atoms with Gasteiger partial charge in [-0.3, -0.25) is 14.4 Å². The number of ether oxygens (including phenoxy) is 1. The Morgan fingerprint density at radius 2 is 1.39 bits per heavy atom. The Hall–Kier alpha value is -3.93. The van der Waals surface area contributed by atoms with Crippen LogP contribution in [0.5, 0.6) is 0 Å². The van der Waals surface area contributed by atoms with Crippen molar-refractivity contribution >= 4 is 23.5 Å². The lowest BCUT2D eigenvalue weighted by molar-refractivity contribution is -0.147. The number of benzene rings is 3. The first kappa shape index (κ1) is 23.7. The molecule has 3 aromatic carbocycles. The highest BCUT2D eigenvalue weighted by atomic mass is 16.5. The van der Waals surface area contributed by atoms with E-state index in [1.54, 1.807) is 29.2 Å². The third-order valence-corrected chi connectivity index (χ3v) is 5.29. The molecular weight excluding hydrogens is 416 g/mol. The zero-order chi connectivity index (χ0) is 23.6. The van der Waals surface area contributed by atoms with E-state index in [0.717, 1.165) is 11.1 Å². The highest BCUT2D eigenvalue weighted by molar-refractivity contribution is 5.98. The first-order valence-electron chi connectivity index (χ1n) is 11.0. The van der Waals surface area contributed by atoms with Crippen LogP contribution in [0, 0.1) is 0 Å². The fourth-order valence-corrected chi connectivity index (χ4v) is 3.60. The number of esters is 1. The standard InChI is InChI=1S/C27H28N2O4/c1-3-29(4-2)26(31)22-16-11-17-23(18-22)28-24(30)19-33-27(32)25(20-12-7-5-8-13-20)21-14-9-6-10-15-21/h5-18,25H,3-4,19H2,1-2H3,(H,28,30). The van der Waals surface area contributed by atoms with Crippen LogP contribution in [0.2, 0.25) is 0 Å². The van der Waals surface area contributed by atoms with Gasteiger partial charge in [-0.15, -0.1) is 0 Å². The molecule has 1 N–H and O–H groups in total. The smallest absolute Gasteiger partial charge is 0.318 e. The van der Waals surface area contributed by atoms with Gasteiger partial charge in [0.15, 0.2) is 6.61 Å². The van der Waals surface area contributed by atoms with E-state index < -0.39 is 24.4 Å². The summed E-state index contributed by atoms with van der Waals surface area (Å²) in [5, 5.41) is 2.70. The maximum absolute atomic E-state index is 12.9. The van der Waals surface area contributed by atoms with Gasteiger partial charge < -0.3 is 15.0 Å². The summed E-state index contributed by atoms with van der Waals surface area (Å²) in [5.74, 6) is -1.71. The Kier molecular flexibility index (Phi) is 8.36. The van der Waals surface area contributed by atoms with Crippen molar-refractivity contribution in [2.45, 2.75) is 19.8 Å². The van der Waals surface area contributed by atoms with Gasteiger partial charge in [-0.1, -0.05) is 66.7 Å². The number of nitrogens with one attached hydrogen (secondary N) is 1. The molecule has 0 unspecified atom stereocenters. The molecular formula is C27H28N2O4. The highest BCUT2D eigenvalue weighted by Gasteiger charge is 2.25. The van der Waals surface area contributed by atoms with E-state index in [-0.39, 0.29) is 5.91 Å². The van der Waals surface area contributed by atoms with Gasteiger partial charge in [-0.05, 0) is 43.2 Å². The van der Waals surface area contributed by atoms with Gasteiger partial charge in [0.25, 0.3) is 11.8 Å². The van der Waals surface area contributed by atoms with Crippen molar-refractivity contribution in [3.05, 3.63) is 102 Å². The SMILES string of the molecule is CCN(CC)C(=O)c1cccc(NC(=O)COC(=O)C(c2ccccc2)c2ccccc2)c1. The maximum atomic E-state index is 12.9. The van der Waals surface area contributed by atoms with E-state index in [1.807, 2.05) is 74.5 Å². The Morgan fingerprint density at radius 1 is 0.818 bits per heavy atom. The summed E-state index contributed by atoms with van der Waals surface area (Å²) in [6.45, 7) is 4.61. The minimum Gasteiger partial charge on any atom is -0.455 e. The molecule has 3 rings (SSSR count). The molecule has 170 valence electrons. The number of carbonyl (C=O) groups excluding carboxylic acids is 3. The molecule has 0 aliphatic heterocycles. The average Bonchev–Trinajstić information content (AvgIpc) is 2.85. The van der Waals surface area contributed by atoms with E-state index in [4.69, 9.17) is 4.74 Å². The Balaban J connectivity index is 1.66. The molecule has 6 heteroatoms. The lowest BCUT2D eigenvalue weighted by Crippen LogP contribution is -2.30. The number of anilines is 1. The molecule has 33 heavy (non-hydrogen) atoms. The first-order chi connectivity index (χ1) is 16.0. The summed E-state index contributed by atoms with van der Waals surface area (Å²) in [4.78, 5) is 39.6. The summed E-state index contributed by atoms with van der Waals surface area (Å²) in [7, 11) is 0. The van der Waals surface area contributed by atoms with Crippen molar-refractivity contribution in [1.82, 2.24) is 4.90 Å². The zero-order valence-corrected chi connectivity index (χ0v) is 18.9. The molecule has 0 heterocycles. The van der Waals surface area contributed by atoms with Crippen LogP contribution < -0.4 is 5.32 Å². The number of rotatable bonds is 9. The van der Waals surface area contributed by atoms with Gasteiger partial charge in [0.1, 0.15) is 5.92 Å². The largest absolute Gasteiger partial charge is 0.455 e. The molecule has 0 saturated heterocycles. The van der Waals surface area contributed by atoms with E-state index in [9.17, 15) is 14.4 Å². The third kappa shape index (κ3) is 6.29. The lowest BCUT2D eigenvalue weighted by Gasteiger charge is -2.19. The predicted octanol–water partition coefficient (Wildman–Crippen LogP) is 4.48. The summed E-state index contributed by atoms with van der Waals surface area (Å²) < 4.78 is 5.37. The molecule has 2 amide bonds. The van der Waals surface area contributed by atoms with Crippen LogP contribution in [0.15, 0.2) is 84.9 Å². The van der Waals surface area contributed by atoms with E-state index in [0.29, 0.717) is 24.3 Å². The van der Waals surface area contributed by atoms with Crippen LogP contribution in [0.3, 0.4) is 0 Å². The van der Waals surface area contributed by atoms with Gasteiger partial charge >= 0.3 is 5.97 Å². The number of hydrogen-bond donors (Lipinski definition) is 1. The molecule has 0 saturated carbocycles. The molecule has 0 aliphatic rings. The van der Waals surface area contributed by atoms with Crippen LogP contribution in [0.1, 0.15) is 41.3 Å². The number of amides is 2. The molecule has 0 radical (unpaired) electrons. The van der Waals surface area contributed by atoms with Crippen molar-refractivity contribution in [3.63, 3.8) is 0 Å². The van der Waals surface area contributed by atoms with Crippen LogP contribution >= 0.6 is 0 Å². The molecule has 3 aromatic rings. The van der Waals surface area contributed by atoms with Crippen molar-refractivity contribution in [2.75, 3.05) is 25.0 Å². The third-order valence-electron chi connectivity index (χ3n) is 5.29. The zero-order valence-electron chi connectivity index (χ0n) is 18.9. The molecule has 0 atom stereocenters. The van der Waals surface area contributed by atoms with Crippen molar-refractivity contribution < 1.29 is 19.1 Å². The summed E-state index contributed by atoms with van der Waals surface area (Å²) in [5.41, 5.74) is 2.53. The fraction of sp³-hybridized carbons (Fsp3) is 0.222. The van der Waals surface area contributed by atoms with E-state index in [2.05, 4.69) is 5.32 Å². The van der Waals surface area contributed by atoms with Crippen LogP contribution in [0.25, 0.3) is 0 Å². The lowest BCUT2D eigenvalue weighted by atomic mass is 9.91. The maximum Gasteiger partial charge on any atom is 0.318 e. The molecule has 0 fully saturated rings. The minimum absolute atomic E-state index is 0.101. The van der Waals surface area contributed by atoms with Crippen LogP contribution in [0.4, 0.5) is 5.69 Å².